The standard InChI is InChI=1S/C12H11ClF3NO2/c13-9-2-1-7(5-10(9)19-12(14,15)16)8-3-4-17-11(18)6-8/h1-2,5,8H,3-4,6H2,(H,17,18). The molecule has 104 valence electrons. The summed E-state index contributed by atoms with van der Waals surface area (Å²) >= 11 is 5.67. The molecule has 1 aromatic rings. The van der Waals surface area contributed by atoms with Crippen LogP contribution >= 0.6 is 11.6 Å². The van der Waals surface area contributed by atoms with E-state index in [1.165, 1.54) is 12.1 Å². The lowest BCUT2D eigenvalue weighted by Gasteiger charge is -2.23. The van der Waals surface area contributed by atoms with Crippen LogP contribution in [0, 0.1) is 0 Å². The number of piperidine rings is 1. The largest absolute Gasteiger partial charge is 0.573 e. The van der Waals surface area contributed by atoms with E-state index < -0.39 is 12.1 Å². The summed E-state index contributed by atoms with van der Waals surface area (Å²) < 4.78 is 40.5. The molecule has 1 saturated heterocycles. The molecule has 1 heterocycles. The molecule has 0 radical (unpaired) electrons. The Kier molecular flexibility index (Phi) is 3.89. The van der Waals surface area contributed by atoms with Crippen LogP contribution in [0.2, 0.25) is 5.02 Å². The Morgan fingerprint density at radius 3 is 2.74 bits per heavy atom. The second-order valence-corrected chi connectivity index (χ2v) is 4.68. The van der Waals surface area contributed by atoms with Crippen molar-refractivity contribution in [2.24, 2.45) is 0 Å². The van der Waals surface area contributed by atoms with E-state index in [-0.39, 0.29) is 23.3 Å². The van der Waals surface area contributed by atoms with Crippen LogP contribution in [-0.4, -0.2) is 18.8 Å². The van der Waals surface area contributed by atoms with Crippen molar-refractivity contribution in [2.45, 2.75) is 25.1 Å². The van der Waals surface area contributed by atoms with Crippen molar-refractivity contribution in [3.05, 3.63) is 28.8 Å². The van der Waals surface area contributed by atoms with Crippen molar-refractivity contribution in [1.82, 2.24) is 5.32 Å². The summed E-state index contributed by atoms with van der Waals surface area (Å²) in [5, 5.41) is 2.56. The number of nitrogens with one attached hydrogen (secondary N) is 1. The number of rotatable bonds is 2. The molecule has 1 fully saturated rings. The minimum absolute atomic E-state index is 0.107. The number of hydrogen-bond acceptors (Lipinski definition) is 2. The van der Waals surface area contributed by atoms with Crippen LogP contribution in [-0.2, 0) is 4.79 Å². The van der Waals surface area contributed by atoms with Gasteiger partial charge in [0.2, 0.25) is 5.91 Å². The van der Waals surface area contributed by atoms with Crippen molar-refractivity contribution in [3.63, 3.8) is 0 Å². The van der Waals surface area contributed by atoms with Gasteiger partial charge in [0.25, 0.3) is 0 Å². The molecule has 1 N–H and O–H groups in total. The Hall–Kier alpha value is -1.43. The van der Waals surface area contributed by atoms with E-state index >= 15 is 0 Å². The van der Waals surface area contributed by atoms with E-state index in [2.05, 4.69) is 10.1 Å². The molecule has 7 heteroatoms. The summed E-state index contributed by atoms with van der Waals surface area (Å²) in [7, 11) is 0. The summed E-state index contributed by atoms with van der Waals surface area (Å²) in [6, 6.07) is 4.22. The maximum atomic E-state index is 12.2. The highest BCUT2D eigenvalue weighted by atomic mass is 35.5. The Labute approximate surface area is 112 Å². The first-order valence-corrected chi connectivity index (χ1v) is 6.05. The van der Waals surface area contributed by atoms with E-state index in [1.807, 2.05) is 0 Å². The monoisotopic (exact) mass is 293 g/mol. The van der Waals surface area contributed by atoms with Crippen molar-refractivity contribution in [1.29, 1.82) is 0 Å². The molecule has 0 aromatic heterocycles. The number of ether oxygens (including phenoxy) is 1. The highest BCUT2D eigenvalue weighted by Crippen LogP contribution is 2.35. The molecular weight excluding hydrogens is 283 g/mol. The summed E-state index contributed by atoms with van der Waals surface area (Å²) in [5.41, 5.74) is 0.624. The fourth-order valence-electron chi connectivity index (χ4n) is 2.05. The lowest BCUT2D eigenvalue weighted by atomic mass is 9.90. The van der Waals surface area contributed by atoms with Crippen LogP contribution in [0.3, 0.4) is 0 Å². The normalized spacial score (nSPS) is 20.0. The van der Waals surface area contributed by atoms with Crippen molar-refractivity contribution in [3.8, 4) is 5.75 Å². The Balaban J connectivity index is 2.22. The van der Waals surface area contributed by atoms with Crippen molar-refractivity contribution < 1.29 is 22.7 Å². The molecule has 1 unspecified atom stereocenters. The zero-order chi connectivity index (χ0) is 14.0. The van der Waals surface area contributed by atoms with Crippen LogP contribution in [0.1, 0.15) is 24.3 Å². The molecule has 1 aliphatic heterocycles. The van der Waals surface area contributed by atoms with Gasteiger partial charge in [-0.15, -0.1) is 13.2 Å². The fourth-order valence-corrected chi connectivity index (χ4v) is 2.20. The van der Waals surface area contributed by atoms with Crippen LogP contribution in [0.25, 0.3) is 0 Å². The lowest BCUT2D eigenvalue weighted by Crippen LogP contribution is -2.32. The molecule has 2 rings (SSSR count). The van der Waals surface area contributed by atoms with E-state index in [9.17, 15) is 18.0 Å². The molecule has 1 atom stereocenters. The van der Waals surface area contributed by atoms with Gasteiger partial charge in [-0.05, 0) is 30.0 Å². The van der Waals surface area contributed by atoms with Crippen molar-refractivity contribution in [2.75, 3.05) is 6.54 Å². The van der Waals surface area contributed by atoms with Gasteiger partial charge in [-0.2, -0.15) is 0 Å². The van der Waals surface area contributed by atoms with Crippen molar-refractivity contribution >= 4 is 17.5 Å². The van der Waals surface area contributed by atoms with E-state index in [4.69, 9.17) is 11.6 Å². The third-order valence-electron chi connectivity index (χ3n) is 2.90. The Bertz CT molecular complexity index is 490. The first-order chi connectivity index (χ1) is 8.85. The molecule has 0 spiro atoms. The number of carbonyl (C=O) groups is 1. The summed E-state index contributed by atoms with van der Waals surface area (Å²) in [5.74, 6) is -0.649. The van der Waals surface area contributed by atoms with Gasteiger partial charge < -0.3 is 10.1 Å². The number of halogens is 4. The van der Waals surface area contributed by atoms with Gasteiger partial charge >= 0.3 is 6.36 Å². The smallest absolute Gasteiger partial charge is 0.404 e. The zero-order valence-electron chi connectivity index (χ0n) is 9.76. The second-order valence-electron chi connectivity index (χ2n) is 4.28. The highest BCUT2D eigenvalue weighted by molar-refractivity contribution is 6.32. The Morgan fingerprint density at radius 2 is 2.11 bits per heavy atom. The minimum atomic E-state index is -4.79. The minimum Gasteiger partial charge on any atom is -0.404 e. The van der Waals surface area contributed by atoms with Gasteiger partial charge in [-0.25, -0.2) is 0 Å². The third-order valence-corrected chi connectivity index (χ3v) is 3.21. The summed E-state index contributed by atoms with van der Waals surface area (Å²) in [4.78, 5) is 11.3. The van der Waals surface area contributed by atoms with Crippen LogP contribution in [0.4, 0.5) is 13.2 Å². The average Bonchev–Trinajstić information content (AvgIpc) is 2.30. The molecule has 19 heavy (non-hydrogen) atoms. The maximum Gasteiger partial charge on any atom is 0.573 e. The SMILES string of the molecule is O=C1CC(c2ccc(Cl)c(OC(F)(F)F)c2)CCN1. The summed E-state index contributed by atoms with van der Waals surface area (Å²) in [6.45, 7) is 0.515. The molecule has 1 aromatic carbocycles. The molecule has 1 amide bonds. The van der Waals surface area contributed by atoms with Gasteiger partial charge in [-0.3, -0.25) is 4.79 Å². The molecule has 0 bridgehead atoms. The number of alkyl halides is 3. The highest BCUT2D eigenvalue weighted by Gasteiger charge is 2.32. The fraction of sp³-hybridized carbons (Fsp3) is 0.417. The van der Waals surface area contributed by atoms with E-state index in [1.54, 1.807) is 6.07 Å². The zero-order valence-corrected chi connectivity index (χ0v) is 10.5. The number of carbonyl (C=O) groups excluding carboxylic acids is 1. The molecule has 1 aliphatic rings. The lowest BCUT2D eigenvalue weighted by molar-refractivity contribution is -0.274. The van der Waals surface area contributed by atoms with Gasteiger partial charge in [0.1, 0.15) is 5.75 Å². The van der Waals surface area contributed by atoms with Gasteiger partial charge in [0.05, 0.1) is 5.02 Å². The van der Waals surface area contributed by atoms with Gasteiger partial charge in [-0.1, -0.05) is 17.7 Å². The van der Waals surface area contributed by atoms with Crippen LogP contribution in [0.15, 0.2) is 18.2 Å². The average molecular weight is 294 g/mol. The molecular formula is C12H11ClF3NO2. The first-order valence-electron chi connectivity index (χ1n) is 5.67. The molecule has 3 nitrogen and oxygen atoms in total. The maximum absolute atomic E-state index is 12.2. The van der Waals surface area contributed by atoms with Crippen LogP contribution < -0.4 is 10.1 Å². The number of hydrogen-bond donors (Lipinski definition) is 1. The molecule has 0 saturated carbocycles. The van der Waals surface area contributed by atoms with E-state index in [0.29, 0.717) is 18.5 Å². The predicted octanol–water partition coefficient (Wildman–Crippen LogP) is 3.23. The molecule has 0 aliphatic carbocycles. The van der Waals surface area contributed by atoms with Crippen LogP contribution in [0.5, 0.6) is 5.75 Å². The van der Waals surface area contributed by atoms with Gasteiger partial charge in [0.15, 0.2) is 0 Å². The van der Waals surface area contributed by atoms with E-state index in [0.717, 1.165) is 0 Å². The van der Waals surface area contributed by atoms with Gasteiger partial charge in [0, 0.05) is 13.0 Å². The topological polar surface area (TPSA) is 38.3 Å². The number of amides is 1. The Morgan fingerprint density at radius 1 is 1.37 bits per heavy atom. The quantitative estimate of drug-likeness (QED) is 0.909. The second kappa shape index (κ2) is 5.28. The third kappa shape index (κ3) is 3.76. The summed E-state index contributed by atoms with van der Waals surface area (Å²) in [6.07, 6.45) is -3.85. The number of benzene rings is 1. The predicted molar refractivity (Wildman–Crippen MR) is 63.1 cm³/mol. The first kappa shape index (κ1) is 14.0.